The quantitative estimate of drug-likeness (QED) is 0.477. The molecule has 1 aliphatic rings. The Balaban J connectivity index is 1.74. The van der Waals surface area contributed by atoms with Crippen molar-refractivity contribution in [3.8, 4) is 28.2 Å². The largest absolute Gasteiger partial charge is 0.396 e. The maximum Gasteiger partial charge on any atom is 0.271 e. The molecule has 0 fully saturated rings. The highest BCUT2D eigenvalue weighted by atomic mass is 35.5. The predicted molar refractivity (Wildman–Crippen MR) is 125 cm³/mol. The van der Waals surface area contributed by atoms with Crippen molar-refractivity contribution in [2.75, 3.05) is 18.5 Å². The minimum atomic E-state index is -0.445. The van der Waals surface area contributed by atoms with Crippen LogP contribution in [0.15, 0.2) is 59.4 Å². The third kappa shape index (κ3) is 3.81. The van der Waals surface area contributed by atoms with E-state index in [-0.39, 0.29) is 23.1 Å². The summed E-state index contributed by atoms with van der Waals surface area (Å²) in [5.41, 5.74) is 3.57. The molecule has 4 aromatic rings. The van der Waals surface area contributed by atoms with Gasteiger partial charge < -0.3 is 10.4 Å². The number of fused-ring (bicyclic) bond motifs is 1. The van der Waals surface area contributed by atoms with Gasteiger partial charge in [0.25, 0.3) is 5.56 Å². The van der Waals surface area contributed by atoms with Gasteiger partial charge in [-0.15, -0.1) is 0 Å². The molecule has 2 aromatic heterocycles. The fourth-order valence-corrected chi connectivity index (χ4v) is 4.33. The third-order valence-electron chi connectivity index (χ3n) is 5.79. The molecule has 0 aliphatic carbocycles. The zero-order valence-corrected chi connectivity index (χ0v) is 18.6. The van der Waals surface area contributed by atoms with Gasteiger partial charge in [0.05, 0.1) is 22.0 Å². The predicted octanol–water partition coefficient (Wildman–Crippen LogP) is 3.90. The van der Waals surface area contributed by atoms with Gasteiger partial charge in [-0.25, -0.2) is 9.07 Å². The first-order valence-electron chi connectivity index (χ1n) is 10.5. The van der Waals surface area contributed by atoms with Crippen LogP contribution in [0.3, 0.4) is 0 Å². The smallest absolute Gasteiger partial charge is 0.271 e. The molecule has 0 saturated carbocycles. The highest BCUT2D eigenvalue weighted by molar-refractivity contribution is 6.33. The van der Waals surface area contributed by atoms with E-state index in [0.29, 0.717) is 47.1 Å². The van der Waals surface area contributed by atoms with E-state index in [0.717, 1.165) is 5.56 Å². The molecule has 7 nitrogen and oxygen atoms in total. The Morgan fingerprint density at radius 1 is 1.18 bits per heavy atom. The topological polar surface area (TPSA) is 85.0 Å². The number of halogens is 2. The molecular weight excluding hydrogens is 445 g/mol. The molecule has 9 heteroatoms. The average molecular weight is 466 g/mol. The van der Waals surface area contributed by atoms with E-state index in [1.807, 2.05) is 31.2 Å². The van der Waals surface area contributed by atoms with Gasteiger partial charge >= 0.3 is 0 Å². The van der Waals surface area contributed by atoms with Gasteiger partial charge in [-0.2, -0.15) is 14.9 Å². The molecule has 2 aromatic carbocycles. The van der Waals surface area contributed by atoms with E-state index in [2.05, 4.69) is 10.4 Å². The average Bonchev–Trinajstić information content (AvgIpc) is 3.18. The fourth-order valence-electron chi connectivity index (χ4n) is 4.08. The number of rotatable bonds is 4. The van der Waals surface area contributed by atoms with Crippen molar-refractivity contribution in [3.63, 3.8) is 0 Å². The minimum Gasteiger partial charge on any atom is -0.396 e. The van der Waals surface area contributed by atoms with Gasteiger partial charge in [-0.05, 0) is 42.8 Å². The van der Waals surface area contributed by atoms with Crippen LogP contribution in [0.4, 0.5) is 10.2 Å². The molecule has 1 aliphatic heterocycles. The second-order valence-corrected chi connectivity index (χ2v) is 8.47. The van der Waals surface area contributed by atoms with E-state index >= 15 is 0 Å². The number of aromatic nitrogens is 4. The van der Waals surface area contributed by atoms with Crippen molar-refractivity contribution in [1.29, 1.82) is 0 Å². The maximum absolute atomic E-state index is 13.7. The molecule has 168 valence electrons. The lowest BCUT2D eigenvalue weighted by atomic mass is 10.0. The third-order valence-corrected chi connectivity index (χ3v) is 6.10. The highest BCUT2D eigenvalue weighted by Gasteiger charge is 2.28. The number of anilines is 1. The number of aliphatic hydroxyl groups is 1. The first-order valence-corrected chi connectivity index (χ1v) is 10.9. The lowest BCUT2D eigenvalue weighted by molar-refractivity contribution is 0.209. The summed E-state index contributed by atoms with van der Waals surface area (Å²) in [5, 5.41) is 22.6. The lowest BCUT2D eigenvalue weighted by Crippen LogP contribution is -2.30. The first-order chi connectivity index (χ1) is 16.0. The van der Waals surface area contributed by atoms with Gasteiger partial charge in [0.2, 0.25) is 0 Å². The highest BCUT2D eigenvalue weighted by Crippen LogP contribution is 2.41. The van der Waals surface area contributed by atoms with Crippen molar-refractivity contribution < 1.29 is 9.50 Å². The second kappa shape index (κ2) is 8.46. The van der Waals surface area contributed by atoms with Crippen LogP contribution in [0.25, 0.3) is 28.2 Å². The van der Waals surface area contributed by atoms with Crippen LogP contribution in [0, 0.1) is 18.7 Å². The maximum atomic E-state index is 13.7. The Morgan fingerprint density at radius 3 is 2.76 bits per heavy atom. The Bertz CT molecular complexity index is 1410. The number of hydrogen-bond donors (Lipinski definition) is 2. The Hall–Kier alpha value is -3.49. The standard InChI is InChI=1S/C24H21ClFN5O2/c1-14-4-2-3-5-20(14)31-21(33)9-8-19(28-31)22-23(17-7-6-16(26)10-18(17)25)29-30-12-15(13-32)11-27-24(22)30/h2-10,15,27,32H,11-13H2,1H3. The van der Waals surface area contributed by atoms with Crippen LogP contribution in [-0.2, 0) is 6.54 Å². The van der Waals surface area contributed by atoms with Gasteiger partial charge in [0, 0.05) is 37.2 Å². The second-order valence-electron chi connectivity index (χ2n) is 8.06. The van der Waals surface area contributed by atoms with Gasteiger partial charge in [0.15, 0.2) is 0 Å². The summed E-state index contributed by atoms with van der Waals surface area (Å²) in [6, 6.07) is 14.8. The number of hydrogen-bond acceptors (Lipinski definition) is 5. The summed E-state index contributed by atoms with van der Waals surface area (Å²) in [6.07, 6.45) is 0. The summed E-state index contributed by atoms with van der Waals surface area (Å²) in [6.45, 7) is 2.99. The molecular formula is C24H21ClFN5O2. The number of aliphatic hydroxyl groups excluding tert-OH is 1. The monoisotopic (exact) mass is 465 g/mol. The van der Waals surface area contributed by atoms with Crippen molar-refractivity contribution in [1.82, 2.24) is 19.6 Å². The van der Waals surface area contributed by atoms with Gasteiger partial charge in [-0.1, -0.05) is 29.8 Å². The summed E-state index contributed by atoms with van der Waals surface area (Å²) in [4.78, 5) is 12.7. The molecule has 0 spiro atoms. The molecule has 0 saturated heterocycles. The van der Waals surface area contributed by atoms with Crippen LogP contribution in [0.5, 0.6) is 0 Å². The number of nitrogens with zero attached hydrogens (tertiary/aromatic N) is 4. The van der Waals surface area contributed by atoms with Gasteiger partial charge in [0.1, 0.15) is 17.3 Å². The molecule has 5 rings (SSSR count). The molecule has 2 N–H and O–H groups in total. The molecule has 0 radical (unpaired) electrons. The molecule has 33 heavy (non-hydrogen) atoms. The van der Waals surface area contributed by atoms with Crippen molar-refractivity contribution in [2.45, 2.75) is 13.5 Å². The Labute approximate surface area is 194 Å². The van der Waals surface area contributed by atoms with E-state index in [9.17, 15) is 14.3 Å². The van der Waals surface area contributed by atoms with Crippen LogP contribution < -0.4 is 10.9 Å². The summed E-state index contributed by atoms with van der Waals surface area (Å²) in [5.74, 6) is 0.257. The van der Waals surface area contributed by atoms with Crippen LogP contribution >= 0.6 is 11.6 Å². The lowest BCUT2D eigenvalue weighted by Gasteiger charge is -2.24. The number of para-hydroxylation sites is 1. The zero-order valence-electron chi connectivity index (χ0n) is 17.8. The zero-order chi connectivity index (χ0) is 23.1. The number of aryl methyl sites for hydroxylation is 1. The van der Waals surface area contributed by atoms with E-state index in [1.165, 1.54) is 22.9 Å². The van der Waals surface area contributed by atoms with Crippen LogP contribution in [-0.4, -0.2) is 37.8 Å². The fraction of sp³-hybridized carbons (Fsp3) is 0.208. The summed E-state index contributed by atoms with van der Waals surface area (Å²) >= 11 is 6.39. The Morgan fingerprint density at radius 2 is 2.00 bits per heavy atom. The molecule has 3 heterocycles. The van der Waals surface area contributed by atoms with Crippen molar-refractivity contribution in [2.24, 2.45) is 5.92 Å². The molecule has 1 unspecified atom stereocenters. The molecule has 0 bridgehead atoms. The van der Waals surface area contributed by atoms with Crippen LogP contribution in [0.2, 0.25) is 5.02 Å². The first kappa shape index (κ1) is 21.4. The van der Waals surface area contributed by atoms with E-state index < -0.39 is 5.82 Å². The molecule has 0 amide bonds. The van der Waals surface area contributed by atoms with Gasteiger partial charge in [-0.3, -0.25) is 4.79 Å². The van der Waals surface area contributed by atoms with Crippen molar-refractivity contribution in [3.05, 3.63) is 81.4 Å². The summed E-state index contributed by atoms with van der Waals surface area (Å²) < 4.78 is 16.9. The van der Waals surface area contributed by atoms with Crippen LogP contribution in [0.1, 0.15) is 5.56 Å². The number of nitrogens with one attached hydrogen (secondary N) is 1. The van der Waals surface area contributed by atoms with Crippen molar-refractivity contribution >= 4 is 17.4 Å². The normalized spacial score (nSPS) is 15.2. The summed E-state index contributed by atoms with van der Waals surface area (Å²) in [7, 11) is 0. The SMILES string of the molecule is Cc1ccccc1-n1nc(-c2c(-c3ccc(F)cc3Cl)nn3c2NCC(CO)C3)ccc1=O. The minimum absolute atomic E-state index is 0.00401. The molecule has 1 atom stereocenters. The van der Waals surface area contributed by atoms with E-state index in [1.54, 1.807) is 16.8 Å². The van der Waals surface area contributed by atoms with E-state index in [4.69, 9.17) is 16.7 Å². The number of benzene rings is 2. The Kier molecular flexibility index (Phi) is 5.47.